The van der Waals surface area contributed by atoms with Crippen molar-refractivity contribution in [3.05, 3.63) is 77.3 Å². The van der Waals surface area contributed by atoms with E-state index >= 15 is 0 Å². The largest absolute Gasteiger partial charge is 0.474 e. The lowest BCUT2D eigenvalue weighted by atomic mass is 9.69. The maximum Gasteiger partial charge on any atom is 0.298 e. The van der Waals surface area contributed by atoms with E-state index in [-0.39, 0.29) is 22.9 Å². The highest BCUT2D eigenvalue weighted by molar-refractivity contribution is 6.24. The third-order valence-corrected chi connectivity index (χ3v) is 6.36. The van der Waals surface area contributed by atoms with Gasteiger partial charge in [0.2, 0.25) is 5.60 Å². The Morgan fingerprint density at radius 1 is 1.03 bits per heavy atom. The molecule has 0 aromatic heterocycles. The number of hydrogen-bond acceptors (Lipinski definition) is 4. The molecule has 1 aliphatic carbocycles. The van der Waals surface area contributed by atoms with E-state index in [0.29, 0.717) is 41.1 Å². The van der Waals surface area contributed by atoms with Crippen LogP contribution < -0.4 is 5.01 Å². The molecule has 5 rings (SSSR count). The van der Waals surface area contributed by atoms with Gasteiger partial charge < -0.3 is 4.74 Å². The first-order valence-corrected chi connectivity index (χ1v) is 10.4. The summed E-state index contributed by atoms with van der Waals surface area (Å²) in [5.74, 6) is -0.872. The van der Waals surface area contributed by atoms with Crippen molar-refractivity contribution in [2.75, 3.05) is 5.01 Å². The van der Waals surface area contributed by atoms with Crippen molar-refractivity contribution < 1.29 is 18.7 Å². The number of carbonyl (C=O) groups is 2. The Morgan fingerprint density at radius 3 is 2.39 bits per heavy atom. The van der Waals surface area contributed by atoms with Crippen molar-refractivity contribution >= 4 is 23.1 Å². The molecule has 31 heavy (non-hydrogen) atoms. The molecule has 158 valence electrons. The number of halogens is 1. The molecule has 0 bridgehead atoms. The summed E-state index contributed by atoms with van der Waals surface area (Å²) in [4.78, 5) is 27.1. The zero-order chi connectivity index (χ0) is 22.0. The number of Topliss-reactive ketones (excluding diaryl/α,β-unsaturated/α-hetero) is 1. The van der Waals surface area contributed by atoms with Gasteiger partial charge in [0.05, 0.1) is 17.3 Å². The molecule has 2 aliphatic heterocycles. The van der Waals surface area contributed by atoms with Gasteiger partial charge in [-0.05, 0) is 42.2 Å². The molecular formula is C25H23FN2O3. The number of nitrogens with zero attached hydrogens (tertiary/aromatic N) is 2. The predicted molar refractivity (Wildman–Crippen MR) is 115 cm³/mol. The van der Waals surface area contributed by atoms with Gasteiger partial charge in [0.15, 0.2) is 5.78 Å². The minimum Gasteiger partial charge on any atom is -0.474 e. The Balaban J connectivity index is 1.68. The van der Waals surface area contributed by atoms with Crippen LogP contribution in [0.1, 0.15) is 45.1 Å². The lowest BCUT2D eigenvalue weighted by Crippen LogP contribution is -2.50. The Bertz CT molecular complexity index is 1150. The molecule has 3 aliphatic rings. The number of rotatable bonds is 2. The number of amides is 1. The van der Waals surface area contributed by atoms with Gasteiger partial charge in [-0.3, -0.25) is 9.59 Å². The van der Waals surface area contributed by atoms with Crippen LogP contribution in [0.15, 0.2) is 71.0 Å². The topological polar surface area (TPSA) is 59.0 Å². The molecule has 2 aromatic rings. The van der Waals surface area contributed by atoms with Crippen LogP contribution in [0.3, 0.4) is 0 Å². The average Bonchev–Trinajstić information content (AvgIpc) is 3.19. The number of ketones is 1. The van der Waals surface area contributed by atoms with E-state index < -0.39 is 11.5 Å². The Morgan fingerprint density at radius 2 is 1.71 bits per heavy atom. The van der Waals surface area contributed by atoms with Crippen LogP contribution in [0.2, 0.25) is 0 Å². The number of ether oxygens (including phenoxy) is 1. The summed E-state index contributed by atoms with van der Waals surface area (Å²) in [6.07, 6.45) is 0.926. The van der Waals surface area contributed by atoms with E-state index in [9.17, 15) is 14.0 Å². The van der Waals surface area contributed by atoms with Gasteiger partial charge in [-0.25, -0.2) is 4.39 Å². The third kappa shape index (κ3) is 2.85. The number of anilines is 1. The first-order chi connectivity index (χ1) is 14.7. The molecule has 0 saturated carbocycles. The van der Waals surface area contributed by atoms with Gasteiger partial charge in [-0.2, -0.15) is 10.1 Å². The van der Waals surface area contributed by atoms with Gasteiger partial charge >= 0.3 is 0 Å². The molecule has 0 fully saturated rings. The van der Waals surface area contributed by atoms with E-state index in [1.807, 2.05) is 32.0 Å². The zero-order valence-electron chi connectivity index (χ0n) is 17.7. The second-order valence-corrected chi connectivity index (χ2v) is 9.24. The fourth-order valence-corrected chi connectivity index (χ4v) is 4.98. The second-order valence-electron chi connectivity index (χ2n) is 9.24. The molecule has 6 heteroatoms. The Labute approximate surface area is 180 Å². The first kappa shape index (κ1) is 19.7. The van der Waals surface area contributed by atoms with E-state index in [2.05, 4.69) is 5.10 Å². The number of hydrogen-bond donors (Lipinski definition) is 0. The number of para-hydroxylation sites is 1. The van der Waals surface area contributed by atoms with Crippen LogP contribution in [0, 0.1) is 11.2 Å². The van der Waals surface area contributed by atoms with Gasteiger partial charge in [0.25, 0.3) is 5.91 Å². The Hall–Kier alpha value is -3.28. The van der Waals surface area contributed by atoms with Crippen LogP contribution in [0.5, 0.6) is 0 Å². The van der Waals surface area contributed by atoms with E-state index in [4.69, 9.17) is 4.74 Å². The minimum atomic E-state index is -1.45. The van der Waals surface area contributed by atoms with Crippen molar-refractivity contribution in [1.29, 1.82) is 0 Å². The summed E-state index contributed by atoms with van der Waals surface area (Å²) < 4.78 is 20.1. The van der Waals surface area contributed by atoms with Crippen LogP contribution in [0.4, 0.5) is 10.1 Å². The molecular weight excluding hydrogens is 395 g/mol. The second kappa shape index (κ2) is 6.61. The Kier molecular flexibility index (Phi) is 4.19. The zero-order valence-corrected chi connectivity index (χ0v) is 17.7. The molecule has 2 atom stereocenters. The summed E-state index contributed by atoms with van der Waals surface area (Å²) >= 11 is 0. The van der Waals surface area contributed by atoms with E-state index in [1.54, 1.807) is 31.2 Å². The summed E-state index contributed by atoms with van der Waals surface area (Å²) in [6.45, 7) is 5.79. The van der Waals surface area contributed by atoms with E-state index in [1.165, 1.54) is 17.1 Å². The van der Waals surface area contributed by atoms with Crippen LogP contribution in [-0.4, -0.2) is 23.0 Å². The van der Waals surface area contributed by atoms with Gasteiger partial charge in [-0.15, -0.1) is 0 Å². The summed E-state index contributed by atoms with van der Waals surface area (Å²) in [7, 11) is 0. The lowest BCUT2D eigenvalue weighted by molar-refractivity contribution is -0.130. The smallest absolute Gasteiger partial charge is 0.298 e. The molecule has 2 heterocycles. The number of benzene rings is 2. The summed E-state index contributed by atoms with van der Waals surface area (Å²) in [5.41, 5.74) is 0.577. The fourth-order valence-electron chi connectivity index (χ4n) is 4.98. The van der Waals surface area contributed by atoms with Gasteiger partial charge in [0, 0.05) is 18.4 Å². The maximum absolute atomic E-state index is 13.9. The molecule has 2 aromatic carbocycles. The molecule has 0 radical (unpaired) electrons. The minimum absolute atomic E-state index is 0.0313. The van der Waals surface area contributed by atoms with E-state index in [0.717, 1.165) is 0 Å². The molecule has 0 unspecified atom stereocenters. The summed E-state index contributed by atoms with van der Waals surface area (Å²) in [5, 5.41) is 5.90. The third-order valence-electron chi connectivity index (χ3n) is 6.36. The number of hydrazone groups is 1. The molecule has 1 amide bonds. The highest BCUT2D eigenvalue weighted by atomic mass is 19.1. The maximum atomic E-state index is 13.9. The standard InChI is InChI=1S/C25H23FN2O3/c1-15-25(23(30)28(27-15)18-7-5-4-6-8-18)22(16-9-11-17(26)12-10-16)21-19(29)13-24(2,3)14-20(21)31-25/h4-12,22H,13-14H2,1-3H3/t22-,25-/m0/s1. The number of allylic oxidation sites excluding steroid dienone is 1. The molecule has 0 N–H and O–H groups in total. The number of carbonyl (C=O) groups excluding carboxylic acids is 2. The monoisotopic (exact) mass is 418 g/mol. The highest BCUT2D eigenvalue weighted by Gasteiger charge is 2.65. The predicted octanol–water partition coefficient (Wildman–Crippen LogP) is 4.74. The van der Waals surface area contributed by atoms with Gasteiger partial charge in [0.1, 0.15) is 11.6 Å². The van der Waals surface area contributed by atoms with Crippen LogP contribution >= 0.6 is 0 Å². The highest BCUT2D eigenvalue weighted by Crippen LogP contribution is 2.55. The first-order valence-electron chi connectivity index (χ1n) is 10.4. The fraction of sp³-hybridized carbons (Fsp3) is 0.320. The molecule has 0 saturated heterocycles. The van der Waals surface area contributed by atoms with Crippen molar-refractivity contribution in [1.82, 2.24) is 0 Å². The van der Waals surface area contributed by atoms with Crippen molar-refractivity contribution in [3.63, 3.8) is 0 Å². The van der Waals surface area contributed by atoms with Crippen LogP contribution in [0.25, 0.3) is 0 Å². The molecule has 5 nitrogen and oxygen atoms in total. The van der Waals surface area contributed by atoms with Crippen LogP contribution in [-0.2, 0) is 14.3 Å². The normalized spacial score (nSPS) is 26.9. The average molecular weight is 418 g/mol. The SMILES string of the molecule is CC1=NN(c2ccccc2)C(=O)[C@]12OC1=C(C(=O)CC(C)(C)C1)[C@@H]2c1ccc(F)cc1. The lowest BCUT2D eigenvalue weighted by Gasteiger charge is -2.30. The van der Waals surface area contributed by atoms with Crippen molar-refractivity contribution in [2.45, 2.75) is 45.1 Å². The van der Waals surface area contributed by atoms with Crippen molar-refractivity contribution in [2.24, 2.45) is 10.5 Å². The van der Waals surface area contributed by atoms with Crippen molar-refractivity contribution in [3.8, 4) is 0 Å². The van der Waals surface area contributed by atoms with Gasteiger partial charge in [-0.1, -0.05) is 44.2 Å². The summed E-state index contributed by atoms with van der Waals surface area (Å²) in [6, 6.07) is 15.1. The quantitative estimate of drug-likeness (QED) is 0.708. The molecule has 1 spiro atoms.